The van der Waals surface area contributed by atoms with Crippen molar-refractivity contribution in [2.45, 2.75) is 17.9 Å². The lowest BCUT2D eigenvalue weighted by atomic mass is 10.3. The minimum atomic E-state index is -0.899. The first-order chi connectivity index (χ1) is 4.09. The number of hydrogen-bond donors (Lipinski definition) is 1. The molecule has 4 heteroatoms. The van der Waals surface area contributed by atoms with Gasteiger partial charge in [-0.3, -0.25) is 4.79 Å². The van der Waals surface area contributed by atoms with E-state index in [2.05, 4.69) is 15.9 Å². The molecule has 0 aliphatic rings. The fourth-order valence-electron chi connectivity index (χ4n) is 0.320. The molecule has 0 unspecified atom stereocenters. The molecule has 0 aromatic heterocycles. The third-order valence-corrected chi connectivity index (χ3v) is 2.16. The molecule has 9 heavy (non-hydrogen) atoms. The minimum absolute atomic E-state index is 0.289. The van der Waals surface area contributed by atoms with E-state index in [9.17, 15) is 4.79 Å². The van der Waals surface area contributed by atoms with Gasteiger partial charge in [0.15, 0.2) is 0 Å². The van der Waals surface area contributed by atoms with Gasteiger partial charge in [0.25, 0.3) is 0 Å². The summed E-state index contributed by atoms with van der Waals surface area (Å²) in [7, 11) is 1.47. The quantitative estimate of drug-likeness (QED) is 0.682. The molecule has 0 bridgehead atoms. The molecule has 0 aliphatic heterocycles. The number of rotatable bonds is 3. The molecule has 0 radical (unpaired) electrons. The number of alkyl halides is 1. The van der Waals surface area contributed by atoms with Gasteiger partial charge in [-0.25, -0.2) is 0 Å². The normalized spacial score (nSPS) is 16.8. The first kappa shape index (κ1) is 8.91. The Hall–Kier alpha value is -0.0900. The third-order valence-electron chi connectivity index (χ3n) is 1.02. The Morgan fingerprint density at radius 2 is 2.22 bits per heavy atom. The van der Waals surface area contributed by atoms with Crippen LogP contribution in [-0.2, 0) is 9.53 Å². The third kappa shape index (κ3) is 2.81. The van der Waals surface area contributed by atoms with Crippen molar-refractivity contribution in [1.29, 1.82) is 0 Å². The molecule has 0 saturated heterocycles. The van der Waals surface area contributed by atoms with Crippen LogP contribution in [0.5, 0.6) is 0 Å². The molecule has 0 aromatic carbocycles. The van der Waals surface area contributed by atoms with Gasteiger partial charge >= 0.3 is 5.97 Å². The molecule has 0 fully saturated rings. The Bertz CT molecular complexity index is 104. The summed E-state index contributed by atoms with van der Waals surface area (Å²) in [6.07, 6.45) is -0.289. The van der Waals surface area contributed by atoms with E-state index in [4.69, 9.17) is 9.84 Å². The maximum Gasteiger partial charge on any atom is 0.319 e. The van der Waals surface area contributed by atoms with Gasteiger partial charge in [-0.1, -0.05) is 15.9 Å². The van der Waals surface area contributed by atoms with E-state index < -0.39 is 10.8 Å². The summed E-state index contributed by atoms with van der Waals surface area (Å²) in [5, 5.41) is 8.36. The maximum absolute atomic E-state index is 10.2. The van der Waals surface area contributed by atoms with Crippen LogP contribution in [0, 0.1) is 0 Å². The number of methoxy groups -OCH3 is 1. The van der Waals surface area contributed by atoms with E-state index in [1.165, 1.54) is 7.11 Å². The van der Waals surface area contributed by atoms with Crippen LogP contribution in [0.15, 0.2) is 0 Å². The molecule has 0 heterocycles. The largest absolute Gasteiger partial charge is 0.480 e. The average Bonchev–Trinajstić information content (AvgIpc) is 1.84. The van der Waals surface area contributed by atoms with E-state index in [1.54, 1.807) is 6.92 Å². The van der Waals surface area contributed by atoms with Crippen LogP contribution in [0.25, 0.3) is 0 Å². The van der Waals surface area contributed by atoms with E-state index in [0.717, 1.165) is 0 Å². The molecule has 1 N–H and O–H groups in total. The van der Waals surface area contributed by atoms with Crippen molar-refractivity contribution < 1.29 is 14.6 Å². The van der Waals surface area contributed by atoms with Gasteiger partial charge in [0.05, 0.1) is 6.10 Å². The second kappa shape index (κ2) is 3.85. The zero-order chi connectivity index (χ0) is 7.44. The summed E-state index contributed by atoms with van der Waals surface area (Å²) in [5.74, 6) is -0.899. The first-order valence-corrected chi connectivity index (χ1v) is 3.40. The number of hydrogen-bond acceptors (Lipinski definition) is 2. The van der Waals surface area contributed by atoms with Crippen molar-refractivity contribution in [2.24, 2.45) is 0 Å². The van der Waals surface area contributed by atoms with Crippen LogP contribution in [0.4, 0.5) is 0 Å². The van der Waals surface area contributed by atoms with E-state index in [0.29, 0.717) is 0 Å². The predicted molar refractivity (Wildman–Crippen MR) is 36.8 cm³/mol. The summed E-state index contributed by atoms with van der Waals surface area (Å²) in [6.45, 7) is 1.69. The molecule has 54 valence electrons. The molecular weight excluding hydrogens is 188 g/mol. The van der Waals surface area contributed by atoms with Crippen molar-refractivity contribution in [1.82, 2.24) is 0 Å². The van der Waals surface area contributed by atoms with Gasteiger partial charge < -0.3 is 9.84 Å². The first-order valence-electron chi connectivity index (χ1n) is 2.49. The van der Waals surface area contributed by atoms with Crippen molar-refractivity contribution in [3.8, 4) is 0 Å². The lowest BCUT2D eigenvalue weighted by Crippen LogP contribution is -2.27. The summed E-state index contributed by atoms with van der Waals surface area (Å²) in [6, 6.07) is 0. The lowest BCUT2D eigenvalue weighted by Gasteiger charge is -2.11. The highest BCUT2D eigenvalue weighted by Gasteiger charge is 2.20. The van der Waals surface area contributed by atoms with Gasteiger partial charge in [-0.2, -0.15) is 0 Å². The minimum Gasteiger partial charge on any atom is -0.480 e. The van der Waals surface area contributed by atoms with Crippen molar-refractivity contribution in [3.63, 3.8) is 0 Å². The summed E-state index contributed by atoms with van der Waals surface area (Å²) in [5.41, 5.74) is 0. The molecular formula is C5H9BrO3. The van der Waals surface area contributed by atoms with Crippen molar-refractivity contribution in [3.05, 3.63) is 0 Å². The average molecular weight is 197 g/mol. The SMILES string of the molecule is CO[C@H](C)[C@@H](Br)C(=O)O. The second-order valence-corrected chi connectivity index (χ2v) is 2.67. The van der Waals surface area contributed by atoms with Gasteiger partial charge in [0.2, 0.25) is 0 Å². The van der Waals surface area contributed by atoms with E-state index >= 15 is 0 Å². The number of carboxylic acids is 1. The Morgan fingerprint density at radius 3 is 2.33 bits per heavy atom. The molecule has 0 saturated carbocycles. The smallest absolute Gasteiger partial charge is 0.319 e. The van der Waals surface area contributed by atoms with Crippen LogP contribution < -0.4 is 0 Å². The van der Waals surface area contributed by atoms with Crippen LogP contribution in [0.3, 0.4) is 0 Å². The zero-order valence-corrected chi connectivity index (χ0v) is 6.88. The van der Waals surface area contributed by atoms with Crippen LogP contribution in [0.2, 0.25) is 0 Å². The standard InChI is InChI=1S/C5H9BrO3/c1-3(9-2)4(6)5(7)8/h3-4H,1-2H3,(H,7,8)/t3-,4-/m1/s1. The van der Waals surface area contributed by atoms with Crippen LogP contribution in [-0.4, -0.2) is 29.1 Å². The number of carbonyl (C=O) groups is 1. The van der Waals surface area contributed by atoms with E-state index in [1.807, 2.05) is 0 Å². The fourth-order valence-corrected chi connectivity index (χ4v) is 0.536. The molecule has 3 nitrogen and oxygen atoms in total. The molecule has 0 aromatic rings. The summed E-state index contributed by atoms with van der Waals surface area (Å²) in [4.78, 5) is 9.56. The topological polar surface area (TPSA) is 46.5 Å². The molecule has 0 amide bonds. The Labute approximate surface area is 62.1 Å². The number of aliphatic carboxylic acids is 1. The maximum atomic E-state index is 10.2. The highest BCUT2D eigenvalue weighted by atomic mass is 79.9. The Balaban J connectivity index is 3.72. The second-order valence-electron chi connectivity index (χ2n) is 1.68. The highest BCUT2D eigenvalue weighted by Crippen LogP contribution is 2.07. The monoisotopic (exact) mass is 196 g/mol. The molecule has 0 aliphatic carbocycles. The van der Waals surface area contributed by atoms with Gasteiger partial charge in [-0.05, 0) is 6.92 Å². The predicted octanol–water partition coefficient (Wildman–Crippen LogP) is 0.869. The van der Waals surface area contributed by atoms with Gasteiger partial charge in [0, 0.05) is 7.11 Å². The number of halogens is 1. The Morgan fingerprint density at radius 1 is 1.78 bits per heavy atom. The number of ether oxygens (including phenoxy) is 1. The van der Waals surface area contributed by atoms with Crippen LogP contribution in [0.1, 0.15) is 6.92 Å². The molecule has 2 atom stereocenters. The lowest BCUT2D eigenvalue weighted by molar-refractivity contribution is -0.138. The number of carboxylic acid groups (broad SMARTS) is 1. The summed E-state index contributed by atoms with van der Waals surface area (Å²) < 4.78 is 4.75. The van der Waals surface area contributed by atoms with Crippen molar-refractivity contribution in [2.75, 3.05) is 7.11 Å². The zero-order valence-electron chi connectivity index (χ0n) is 5.30. The van der Waals surface area contributed by atoms with Crippen LogP contribution >= 0.6 is 15.9 Å². The molecule has 0 spiro atoms. The van der Waals surface area contributed by atoms with E-state index in [-0.39, 0.29) is 6.10 Å². The van der Waals surface area contributed by atoms with Gasteiger partial charge in [0.1, 0.15) is 4.83 Å². The van der Waals surface area contributed by atoms with Gasteiger partial charge in [-0.15, -0.1) is 0 Å². The fraction of sp³-hybridized carbons (Fsp3) is 0.800. The Kier molecular flexibility index (Phi) is 3.81. The molecule has 0 rings (SSSR count). The van der Waals surface area contributed by atoms with Crippen molar-refractivity contribution >= 4 is 21.9 Å². The summed E-state index contributed by atoms with van der Waals surface area (Å²) >= 11 is 2.94. The highest BCUT2D eigenvalue weighted by molar-refractivity contribution is 9.10.